The van der Waals surface area contributed by atoms with Gasteiger partial charge < -0.3 is 15.3 Å². The number of anilines is 1. The number of aromatic carboxylic acids is 1. The third-order valence-electron chi connectivity index (χ3n) is 7.72. The number of amides is 1. The second-order valence-electron chi connectivity index (χ2n) is 11.4. The molecule has 0 atom stereocenters. The Labute approximate surface area is 221 Å². The summed E-state index contributed by atoms with van der Waals surface area (Å²) < 4.78 is 1.85. The van der Waals surface area contributed by atoms with Gasteiger partial charge in [0, 0.05) is 37.7 Å². The van der Waals surface area contributed by atoms with Crippen molar-refractivity contribution in [2.45, 2.75) is 52.0 Å². The standard InChI is InChI=1S/C29H33N5O4/c1-28(2,3)34-24-20(17-31-34)15-29(16-23(24)35)10-12-33(13-11-29)26(36)21-8-9-22(32-25(21)30-4)18-6-5-7-19(14-18)27(37)38/h5-9,14,17H,10-13,15-16H2,1-4H3,(H,30,32)(H,37,38). The fourth-order valence-corrected chi connectivity index (χ4v) is 5.71. The molecule has 2 aliphatic rings. The number of carbonyl (C=O) groups is 3. The molecule has 1 saturated heterocycles. The molecule has 198 valence electrons. The maximum absolute atomic E-state index is 13.5. The molecular weight excluding hydrogens is 482 g/mol. The second-order valence-corrected chi connectivity index (χ2v) is 11.4. The molecule has 1 fully saturated rings. The molecule has 1 spiro atoms. The smallest absolute Gasteiger partial charge is 0.335 e. The van der Waals surface area contributed by atoms with Crippen molar-refractivity contribution < 1.29 is 19.5 Å². The van der Waals surface area contributed by atoms with Crippen LogP contribution in [0.25, 0.3) is 11.3 Å². The molecule has 38 heavy (non-hydrogen) atoms. The van der Waals surface area contributed by atoms with Crippen molar-refractivity contribution in [2.24, 2.45) is 5.41 Å². The zero-order chi connectivity index (χ0) is 27.2. The zero-order valence-corrected chi connectivity index (χ0v) is 22.2. The minimum Gasteiger partial charge on any atom is -0.478 e. The number of nitrogens with zero attached hydrogens (tertiary/aromatic N) is 4. The van der Waals surface area contributed by atoms with E-state index in [1.54, 1.807) is 37.4 Å². The average Bonchev–Trinajstić information content (AvgIpc) is 3.33. The van der Waals surface area contributed by atoms with E-state index < -0.39 is 5.97 Å². The van der Waals surface area contributed by atoms with Gasteiger partial charge >= 0.3 is 5.97 Å². The Morgan fingerprint density at radius 2 is 1.82 bits per heavy atom. The molecule has 3 aromatic rings. The SMILES string of the molecule is CNc1nc(-c2cccc(C(=O)O)c2)ccc1C(=O)N1CCC2(CC1)CC(=O)c1c(cnn1C(C)(C)C)C2. The van der Waals surface area contributed by atoms with E-state index in [9.17, 15) is 19.5 Å². The van der Waals surface area contributed by atoms with Crippen molar-refractivity contribution in [3.8, 4) is 11.3 Å². The number of carboxylic acid groups (broad SMARTS) is 1. The molecular formula is C29H33N5O4. The number of ketones is 1. The van der Waals surface area contributed by atoms with Gasteiger partial charge in [-0.3, -0.25) is 14.3 Å². The molecule has 9 nitrogen and oxygen atoms in total. The first-order valence-corrected chi connectivity index (χ1v) is 12.9. The maximum atomic E-state index is 13.5. The van der Waals surface area contributed by atoms with E-state index in [0.717, 1.165) is 30.5 Å². The van der Waals surface area contributed by atoms with E-state index in [1.165, 1.54) is 6.07 Å². The van der Waals surface area contributed by atoms with Gasteiger partial charge in [-0.1, -0.05) is 12.1 Å². The highest BCUT2D eigenvalue weighted by Gasteiger charge is 2.44. The monoisotopic (exact) mass is 515 g/mol. The fourth-order valence-electron chi connectivity index (χ4n) is 5.71. The van der Waals surface area contributed by atoms with Crippen LogP contribution < -0.4 is 5.32 Å². The van der Waals surface area contributed by atoms with Crippen molar-refractivity contribution in [3.63, 3.8) is 0 Å². The lowest BCUT2D eigenvalue weighted by molar-refractivity contribution is 0.0515. The molecule has 0 bridgehead atoms. The maximum Gasteiger partial charge on any atom is 0.335 e. The highest BCUT2D eigenvalue weighted by molar-refractivity contribution is 6.00. The quantitative estimate of drug-likeness (QED) is 0.526. The highest BCUT2D eigenvalue weighted by atomic mass is 16.4. The molecule has 1 aromatic carbocycles. The molecule has 0 saturated carbocycles. The number of carbonyl (C=O) groups excluding carboxylic acids is 2. The van der Waals surface area contributed by atoms with Crippen molar-refractivity contribution in [2.75, 3.05) is 25.5 Å². The molecule has 1 amide bonds. The minimum atomic E-state index is -1.01. The van der Waals surface area contributed by atoms with E-state index in [0.29, 0.717) is 42.1 Å². The van der Waals surface area contributed by atoms with E-state index in [2.05, 4.69) is 36.2 Å². The van der Waals surface area contributed by atoms with Gasteiger partial charge in [0.1, 0.15) is 11.5 Å². The summed E-state index contributed by atoms with van der Waals surface area (Å²) in [7, 11) is 1.71. The van der Waals surface area contributed by atoms with Gasteiger partial charge in [0.15, 0.2) is 5.78 Å². The number of pyridine rings is 1. The van der Waals surface area contributed by atoms with Crippen molar-refractivity contribution in [3.05, 3.63) is 65.0 Å². The average molecular weight is 516 g/mol. The molecule has 9 heteroatoms. The molecule has 3 heterocycles. The van der Waals surface area contributed by atoms with Gasteiger partial charge in [-0.2, -0.15) is 5.10 Å². The van der Waals surface area contributed by atoms with Crippen LogP contribution in [0.4, 0.5) is 5.82 Å². The van der Waals surface area contributed by atoms with Crippen molar-refractivity contribution in [1.82, 2.24) is 19.7 Å². The molecule has 5 rings (SSSR count). The number of piperidine rings is 1. The van der Waals surface area contributed by atoms with Gasteiger partial charge in [0.05, 0.1) is 28.6 Å². The first-order valence-electron chi connectivity index (χ1n) is 12.9. The number of hydrogen-bond donors (Lipinski definition) is 2. The van der Waals surface area contributed by atoms with Crippen LogP contribution in [0.1, 0.15) is 76.8 Å². The Kier molecular flexibility index (Phi) is 6.33. The van der Waals surface area contributed by atoms with Crippen molar-refractivity contribution >= 4 is 23.5 Å². The van der Waals surface area contributed by atoms with E-state index in [-0.39, 0.29) is 28.2 Å². The highest BCUT2D eigenvalue weighted by Crippen LogP contribution is 2.44. The largest absolute Gasteiger partial charge is 0.478 e. The van der Waals surface area contributed by atoms with Crippen LogP contribution in [0, 0.1) is 5.41 Å². The normalized spacial score (nSPS) is 16.8. The summed E-state index contributed by atoms with van der Waals surface area (Å²) in [6.07, 6.45) is 4.65. The van der Waals surface area contributed by atoms with Crippen LogP contribution in [-0.4, -0.2) is 62.6 Å². The fraction of sp³-hybridized carbons (Fsp3) is 0.414. The van der Waals surface area contributed by atoms with Crippen LogP contribution in [-0.2, 0) is 12.0 Å². The lowest BCUT2D eigenvalue weighted by atomic mass is 9.67. The van der Waals surface area contributed by atoms with Gasteiger partial charge in [-0.25, -0.2) is 9.78 Å². The number of aromatic nitrogens is 3. The van der Waals surface area contributed by atoms with Crippen LogP contribution in [0.3, 0.4) is 0 Å². The number of fused-ring (bicyclic) bond motifs is 1. The molecule has 1 aliphatic carbocycles. The first-order chi connectivity index (χ1) is 18.0. The van der Waals surface area contributed by atoms with Gasteiger partial charge in [0.25, 0.3) is 5.91 Å². The summed E-state index contributed by atoms with van der Waals surface area (Å²) in [5.41, 5.74) is 3.25. The van der Waals surface area contributed by atoms with E-state index in [1.807, 2.05) is 15.8 Å². The third kappa shape index (κ3) is 4.57. The number of rotatable bonds is 4. The molecule has 1 aliphatic heterocycles. The Balaban J connectivity index is 1.32. The number of hydrogen-bond acceptors (Lipinski definition) is 6. The van der Waals surface area contributed by atoms with Crippen LogP contribution in [0.15, 0.2) is 42.6 Å². The van der Waals surface area contributed by atoms with Crippen LogP contribution in [0.2, 0.25) is 0 Å². The number of likely N-dealkylation sites (tertiary alicyclic amines) is 1. The number of benzene rings is 1. The number of carboxylic acids is 1. The molecule has 0 unspecified atom stereocenters. The van der Waals surface area contributed by atoms with E-state index >= 15 is 0 Å². The van der Waals surface area contributed by atoms with E-state index in [4.69, 9.17) is 0 Å². The summed E-state index contributed by atoms with van der Waals surface area (Å²) in [4.78, 5) is 44.5. The molecule has 0 radical (unpaired) electrons. The summed E-state index contributed by atoms with van der Waals surface area (Å²) in [5, 5.41) is 16.9. The first kappa shape index (κ1) is 25.6. The predicted molar refractivity (Wildman–Crippen MR) is 144 cm³/mol. The molecule has 2 aromatic heterocycles. The second kappa shape index (κ2) is 9.38. The number of nitrogens with one attached hydrogen (secondary N) is 1. The Hall–Kier alpha value is -4.01. The van der Waals surface area contributed by atoms with Gasteiger partial charge in [-0.05, 0) is 69.7 Å². The van der Waals surface area contributed by atoms with Crippen LogP contribution >= 0.6 is 0 Å². The topological polar surface area (TPSA) is 117 Å². The van der Waals surface area contributed by atoms with Gasteiger partial charge in [0.2, 0.25) is 0 Å². The summed E-state index contributed by atoms with van der Waals surface area (Å²) in [5.74, 6) is -0.525. The summed E-state index contributed by atoms with van der Waals surface area (Å²) >= 11 is 0. The number of Topliss-reactive ketones (excluding diaryl/α,β-unsaturated/α-hetero) is 1. The minimum absolute atomic E-state index is 0.106. The third-order valence-corrected chi connectivity index (χ3v) is 7.72. The predicted octanol–water partition coefficient (Wildman–Crippen LogP) is 4.49. The molecule has 2 N–H and O–H groups in total. The Bertz CT molecular complexity index is 1430. The van der Waals surface area contributed by atoms with Crippen molar-refractivity contribution in [1.29, 1.82) is 0 Å². The van der Waals surface area contributed by atoms with Gasteiger partial charge in [-0.15, -0.1) is 0 Å². The Morgan fingerprint density at radius 3 is 2.47 bits per heavy atom. The van der Waals surface area contributed by atoms with Crippen LogP contribution in [0.5, 0.6) is 0 Å². The Morgan fingerprint density at radius 1 is 1.08 bits per heavy atom. The lowest BCUT2D eigenvalue weighted by Gasteiger charge is -2.43. The summed E-state index contributed by atoms with van der Waals surface area (Å²) in [6, 6.07) is 10.1. The summed E-state index contributed by atoms with van der Waals surface area (Å²) in [6.45, 7) is 7.29. The lowest BCUT2D eigenvalue weighted by Crippen LogP contribution is -2.46. The zero-order valence-electron chi connectivity index (χ0n) is 22.2.